The first kappa shape index (κ1) is 12.6. The summed E-state index contributed by atoms with van der Waals surface area (Å²) in [7, 11) is 0. The fraction of sp³-hybridized carbons (Fsp3) is 0.692. The van der Waals surface area contributed by atoms with Crippen LogP contribution in [-0.4, -0.2) is 23.5 Å². The molecule has 2 rings (SSSR count). The highest BCUT2D eigenvalue weighted by Crippen LogP contribution is 2.32. The number of hydrogen-bond acceptors (Lipinski definition) is 4. The number of nitrogens with one attached hydrogen (secondary N) is 1. The van der Waals surface area contributed by atoms with Crippen molar-refractivity contribution in [2.24, 2.45) is 5.84 Å². The van der Waals surface area contributed by atoms with Gasteiger partial charge >= 0.3 is 0 Å². The number of piperidine rings is 1. The number of hydrazine groups is 1. The minimum atomic E-state index is -0.000949. The van der Waals surface area contributed by atoms with Crippen molar-refractivity contribution in [1.82, 2.24) is 10.3 Å². The van der Waals surface area contributed by atoms with Gasteiger partial charge in [-0.15, -0.1) is 0 Å². The molecule has 1 aromatic rings. The van der Waals surface area contributed by atoms with Gasteiger partial charge in [0.1, 0.15) is 0 Å². The van der Waals surface area contributed by atoms with Crippen molar-refractivity contribution in [3.05, 3.63) is 24.2 Å². The number of nitrogens with zero attached hydrogens (tertiary/aromatic N) is 1. The van der Waals surface area contributed by atoms with Gasteiger partial charge in [0, 0.05) is 11.1 Å². The summed E-state index contributed by atoms with van der Waals surface area (Å²) in [4.78, 5) is 2.52. The Labute approximate surface area is 103 Å². The Balaban J connectivity index is 2.16. The average molecular weight is 237 g/mol. The van der Waals surface area contributed by atoms with Gasteiger partial charge < -0.3 is 4.42 Å². The molecule has 1 aliphatic heterocycles. The summed E-state index contributed by atoms with van der Waals surface area (Å²) in [6.07, 6.45) is 7.39. The second-order valence-electron chi connectivity index (χ2n) is 5.36. The Hall–Kier alpha value is -0.840. The lowest BCUT2D eigenvalue weighted by atomic mass is 9.87. The van der Waals surface area contributed by atoms with Crippen LogP contribution in [0.4, 0.5) is 0 Å². The van der Waals surface area contributed by atoms with Gasteiger partial charge in [0.25, 0.3) is 0 Å². The van der Waals surface area contributed by atoms with Crippen LogP contribution < -0.4 is 11.3 Å². The van der Waals surface area contributed by atoms with Crippen LogP contribution in [0.2, 0.25) is 0 Å². The molecular formula is C13H23N3O. The van der Waals surface area contributed by atoms with E-state index in [1.165, 1.54) is 19.3 Å². The molecule has 1 atom stereocenters. The Bertz CT molecular complexity index is 328. The molecule has 1 saturated heterocycles. The molecule has 0 bridgehead atoms. The Morgan fingerprint density at radius 1 is 1.35 bits per heavy atom. The highest BCUT2D eigenvalue weighted by atomic mass is 16.3. The van der Waals surface area contributed by atoms with Crippen LogP contribution in [0.1, 0.15) is 44.7 Å². The van der Waals surface area contributed by atoms with Gasteiger partial charge in [0.05, 0.1) is 18.6 Å². The van der Waals surface area contributed by atoms with E-state index in [1.54, 1.807) is 12.5 Å². The van der Waals surface area contributed by atoms with Gasteiger partial charge in [0.15, 0.2) is 0 Å². The molecule has 4 heteroatoms. The fourth-order valence-electron chi connectivity index (χ4n) is 2.80. The summed E-state index contributed by atoms with van der Waals surface area (Å²) in [5.74, 6) is 5.74. The third-order valence-corrected chi connectivity index (χ3v) is 3.92. The van der Waals surface area contributed by atoms with Crippen molar-refractivity contribution >= 4 is 0 Å². The predicted octanol–water partition coefficient (Wildman–Crippen LogP) is 2.05. The first-order valence-electron chi connectivity index (χ1n) is 6.39. The summed E-state index contributed by atoms with van der Waals surface area (Å²) in [5, 5.41) is 0. The molecule has 0 aromatic carbocycles. The van der Waals surface area contributed by atoms with Gasteiger partial charge in [-0.2, -0.15) is 0 Å². The molecule has 2 heterocycles. The fourth-order valence-corrected chi connectivity index (χ4v) is 2.80. The summed E-state index contributed by atoms with van der Waals surface area (Å²) in [5.41, 5.74) is 4.05. The van der Waals surface area contributed by atoms with E-state index in [0.717, 1.165) is 18.7 Å². The van der Waals surface area contributed by atoms with Crippen LogP contribution in [0.25, 0.3) is 0 Å². The zero-order chi connectivity index (χ0) is 12.3. The molecule has 1 unspecified atom stereocenters. The van der Waals surface area contributed by atoms with E-state index < -0.39 is 0 Å². The Kier molecular flexibility index (Phi) is 3.86. The van der Waals surface area contributed by atoms with Gasteiger partial charge in [-0.1, -0.05) is 6.42 Å². The van der Waals surface area contributed by atoms with Gasteiger partial charge in [0.2, 0.25) is 0 Å². The summed E-state index contributed by atoms with van der Waals surface area (Å²) in [6.45, 7) is 6.80. The topological polar surface area (TPSA) is 54.4 Å². The monoisotopic (exact) mass is 237 g/mol. The zero-order valence-electron chi connectivity index (χ0n) is 10.8. The molecule has 0 saturated carbocycles. The quantitative estimate of drug-likeness (QED) is 0.621. The number of rotatable bonds is 4. The van der Waals surface area contributed by atoms with Crippen LogP contribution in [-0.2, 0) is 0 Å². The molecule has 1 aliphatic rings. The van der Waals surface area contributed by atoms with Crippen molar-refractivity contribution in [2.45, 2.75) is 44.7 Å². The van der Waals surface area contributed by atoms with E-state index >= 15 is 0 Å². The van der Waals surface area contributed by atoms with E-state index in [9.17, 15) is 0 Å². The molecule has 0 aliphatic carbocycles. The molecule has 96 valence electrons. The van der Waals surface area contributed by atoms with Crippen LogP contribution in [0.5, 0.6) is 0 Å². The standard InChI is InChI=1S/C13H23N3O/c1-13(2,16-7-4-3-5-8-16)12(15-14)11-6-9-17-10-11/h6,9-10,12,15H,3-5,7-8,14H2,1-2H3. The van der Waals surface area contributed by atoms with Gasteiger partial charge in [-0.25, -0.2) is 0 Å². The van der Waals surface area contributed by atoms with Crippen LogP contribution in [0, 0.1) is 0 Å². The van der Waals surface area contributed by atoms with E-state index in [0.29, 0.717) is 0 Å². The average Bonchev–Trinajstić information content (AvgIpc) is 2.84. The van der Waals surface area contributed by atoms with Crippen LogP contribution in [0.3, 0.4) is 0 Å². The molecule has 17 heavy (non-hydrogen) atoms. The third kappa shape index (κ3) is 2.54. The maximum atomic E-state index is 5.74. The normalized spacial score (nSPS) is 20.4. The number of hydrogen-bond donors (Lipinski definition) is 2. The summed E-state index contributed by atoms with van der Waals surface area (Å²) < 4.78 is 5.17. The first-order chi connectivity index (χ1) is 8.16. The van der Waals surface area contributed by atoms with Crippen molar-refractivity contribution in [3.8, 4) is 0 Å². The second kappa shape index (κ2) is 5.21. The molecule has 0 amide bonds. The van der Waals surface area contributed by atoms with Crippen LogP contribution in [0.15, 0.2) is 23.0 Å². The zero-order valence-corrected chi connectivity index (χ0v) is 10.8. The summed E-state index contributed by atoms with van der Waals surface area (Å²) >= 11 is 0. The maximum Gasteiger partial charge on any atom is 0.0951 e. The van der Waals surface area contributed by atoms with Gasteiger partial charge in [-0.05, 0) is 45.8 Å². The molecule has 3 N–H and O–H groups in total. The summed E-state index contributed by atoms with van der Waals surface area (Å²) in [6, 6.07) is 2.08. The molecule has 4 nitrogen and oxygen atoms in total. The molecule has 1 fully saturated rings. The molecule has 1 aromatic heterocycles. The molecule has 0 radical (unpaired) electrons. The van der Waals surface area contributed by atoms with Crippen molar-refractivity contribution in [1.29, 1.82) is 0 Å². The lowest BCUT2D eigenvalue weighted by molar-refractivity contribution is 0.0606. The SMILES string of the molecule is CC(C)(C(NN)c1ccoc1)N1CCCCC1. The number of likely N-dealkylation sites (tertiary alicyclic amines) is 1. The van der Waals surface area contributed by atoms with Crippen molar-refractivity contribution in [3.63, 3.8) is 0 Å². The highest BCUT2D eigenvalue weighted by Gasteiger charge is 2.36. The Morgan fingerprint density at radius 3 is 2.59 bits per heavy atom. The van der Waals surface area contributed by atoms with E-state index in [1.807, 2.05) is 6.07 Å². The smallest absolute Gasteiger partial charge is 0.0951 e. The predicted molar refractivity (Wildman–Crippen MR) is 68.3 cm³/mol. The van der Waals surface area contributed by atoms with E-state index in [4.69, 9.17) is 10.3 Å². The largest absolute Gasteiger partial charge is 0.472 e. The van der Waals surface area contributed by atoms with Gasteiger partial charge in [-0.3, -0.25) is 16.2 Å². The molecule has 0 spiro atoms. The van der Waals surface area contributed by atoms with E-state index in [2.05, 4.69) is 24.2 Å². The number of furan rings is 1. The second-order valence-corrected chi connectivity index (χ2v) is 5.36. The first-order valence-corrected chi connectivity index (χ1v) is 6.39. The lowest BCUT2D eigenvalue weighted by Crippen LogP contribution is -2.55. The minimum absolute atomic E-state index is 0.000949. The third-order valence-electron chi connectivity index (χ3n) is 3.92. The van der Waals surface area contributed by atoms with Crippen molar-refractivity contribution < 1.29 is 4.42 Å². The maximum absolute atomic E-state index is 5.74. The highest BCUT2D eigenvalue weighted by molar-refractivity contribution is 5.17. The number of nitrogens with two attached hydrogens (primary N) is 1. The van der Waals surface area contributed by atoms with E-state index in [-0.39, 0.29) is 11.6 Å². The van der Waals surface area contributed by atoms with Crippen molar-refractivity contribution in [2.75, 3.05) is 13.1 Å². The van der Waals surface area contributed by atoms with Crippen LogP contribution >= 0.6 is 0 Å². The minimum Gasteiger partial charge on any atom is -0.472 e. The Morgan fingerprint density at radius 2 is 2.06 bits per heavy atom. The molecular weight excluding hydrogens is 214 g/mol. The lowest BCUT2D eigenvalue weighted by Gasteiger charge is -2.45.